The van der Waals surface area contributed by atoms with Crippen LogP contribution in [0, 0.1) is 0 Å². The Morgan fingerprint density at radius 1 is 0.920 bits per heavy atom. The number of hydrogen-bond acceptors (Lipinski definition) is 5. The van der Waals surface area contributed by atoms with Gasteiger partial charge in [0.15, 0.2) is 5.65 Å². The van der Waals surface area contributed by atoms with E-state index in [1.54, 1.807) is 6.20 Å². The van der Waals surface area contributed by atoms with Crippen LogP contribution in [-0.2, 0) is 0 Å². The second-order valence-corrected chi connectivity index (χ2v) is 5.55. The van der Waals surface area contributed by atoms with Crippen LogP contribution in [0.3, 0.4) is 0 Å². The molecule has 0 saturated heterocycles. The molecule has 0 fully saturated rings. The van der Waals surface area contributed by atoms with Crippen LogP contribution in [0.1, 0.15) is 6.92 Å². The average molecular weight is 330 g/mol. The fraction of sp³-hybridized carbons (Fsp3) is 0.105. The zero-order chi connectivity index (χ0) is 17.1. The number of rotatable bonds is 5. The van der Waals surface area contributed by atoms with Gasteiger partial charge in [-0.1, -0.05) is 36.4 Å². The molecule has 4 aromatic rings. The van der Waals surface area contributed by atoms with Gasteiger partial charge in [0.05, 0.1) is 17.3 Å². The van der Waals surface area contributed by atoms with Gasteiger partial charge in [-0.25, -0.2) is 4.68 Å². The van der Waals surface area contributed by atoms with Gasteiger partial charge >= 0.3 is 0 Å². The molecular weight excluding hydrogens is 312 g/mol. The van der Waals surface area contributed by atoms with Crippen molar-refractivity contribution in [2.75, 3.05) is 17.2 Å². The molecule has 4 rings (SSSR count). The van der Waals surface area contributed by atoms with E-state index in [1.165, 1.54) is 0 Å². The number of para-hydroxylation sites is 2. The molecule has 0 spiro atoms. The summed E-state index contributed by atoms with van der Waals surface area (Å²) in [5.41, 5.74) is 2.69. The Labute approximate surface area is 145 Å². The van der Waals surface area contributed by atoms with Crippen molar-refractivity contribution in [2.24, 2.45) is 0 Å². The zero-order valence-electron chi connectivity index (χ0n) is 13.8. The summed E-state index contributed by atoms with van der Waals surface area (Å²) in [6, 6.07) is 19.9. The van der Waals surface area contributed by atoms with Gasteiger partial charge < -0.3 is 10.6 Å². The third-order valence-electron chi connectivity index (χ3n) is 3.80. The predicted molar refractivity (Wildman–Crippen MR) is 101 cm³/mol. The summed E-state index contributed by atoms with van der Waals surface area (Å²) in [6.07, 6.45) is 1.79. The topological polar surface area (TPSA) is 67.7 Å². The maximum absolute atomic E-state index is 4.64. The normalized spacial score (nSPS) is 10.8. The minimum atomic E-state index is 0.575. The molecule has 0 unspecified atom stereocenters. The Bertz CT molecular complexity index is 979. The van der Waals surface area contributed by atoms with Crippen molar-refractivity contribution in [3.05, 3.63) is 66.9 Å². The molecule has 6 nitrogen and oxygen atoms in total. The van der Waals surface area contributed by atoms with Gasteiger partial charge in [-0.2, -0.15) is 15.1 Å². The van der Waals surface area contributed by atoms with Crippen molar-refractivity contribution in [3.63, 3.8) is 0 Å². The van der Waals surface area contributed by atoms with Gasteiger partial charge in [-0.3, -0.25) is 0 Å². The summed E-state index contributed by atoms with van der Waals surface area (Å²) >= 11 is 0. The number of nitrogens with zero attached hydrogens (tertiary/aromatic N) is 4. The van der Waals surface area contributed by atoms with E-state index in [4.69, 9.17) is 0 Å². The van der Waals surface area contributed by atoms with Crippen molar-refractivity contribution in [2.45, 2.75) is 6.92 Å². The minimum Gasteiger partial charge on any atom is -0.354 e. The summed E-state index contributed by atoms with van der Waals surface area (Å²) < 4.78 is 1.83. The highest BCUT2D eigenvalue weighted by molar-refractivity contribution is 5.90. The van der Waals surface area contributed by atoms with Crippen LogP contribution in [0.5, 0.6) is 0 Å². The SMILES string of the molecule is CCNc1nc(Nc2ccccc2)c2cnn(-c3ccccc3)c2n1. The molecular formula is C19H18N6. The molecule has 2 N–H and O–H groups in total. The van der Waals surface area contributed by atoms with Crippen molar-refractivity contribution < 1.29 is 0 Å². The average Bonchev–Trinajstić information content (AvgIpc) is 3.08. The van der Waals surface area contributed by atoms with Gasteiger partial charge in [0, 0.05) is 12.2 Å². The monoisotopic (exact) mass is 330 g/mol. The van der Waals surface area contributed by atoms with E-state index in [-0.39, 0.29) is 0 Å². The Balaban J connectivity index is 1.86. The molecule has 0 bridgehead atoms. The molecule has 0 aliphatic heterocycles. The maximum Gasteiger partial charge on any atom is 0.226 e. The van der Waals surface area contributed by atoms with E-state index < -0.39 is 0 Å². The highest BCUT2D eigenvalue weighted by Crippen LogP contribution is 2.26. The fourth-order valence-corrected chi connectivity index (χ4v) is 2.66. The molecule has 0 atom stereocenters. The molecule has 25 heavy (non-hydrogen) atoms. The summed E-state index contributed by atoms with van der Waals surface area (Å²) in [5.74, 6) is 1.31. The molecule has 0 aliphatic carbocycles. The van der Waals surface area contributed by atoms with Gasteiger partial charge in [0.25, 0.3) is 0 Å². The molecule has 2 aromatic carbocycles. The van der Waals surface area contributed by atoms with E-state index in [0.29, 0.717) is 5.95 Å². The quantitative estimate of drug-likeness (QED) is 0.579. The maximum atomic E-state index is 4.64. The number of aromatic nitrogens is 4. The molecule has 2 aromatic heterocycles. The summed E-state index contributed by atoms with van der Waals surface area (Å²) in [5, 5.41) is 11.9. The van der Waals surface area contributed by atoms with Crippen molar-refractivity contribution in [1.82, 2.24) is 19.7 Å². The number of fused-ring (bicyclic) bond motifs is 1. The standard InChI is InChI=1S/C19H18N6/c1-2-20-19-23-17(22-14-9-5-3-6-10-14)16-13-21-25(18(16)24-19)15-11-7-4-8-12-15/h3-13H,2H2,1H3,(H2,20,22,23,24). The van der Waals surface area contributed by atoms with E-state index in [2.05, 4.69) is 25.7 Å². The Morgan fingerprint density at radius 2 is 1.64 bits per heavy atom. The van der Waals surface area contributed by atoms with Crippen LogP contribution in [0.15, 0.2) is 66.9 Å². The fourth-order valence-electron chi connectivity index (χ4n) is 2.66. The van der Waals surface area contributed by atoms with Gasteiger partial charge in [-0.15, -0.1) is 0 Å². The van der Waals surface area contributed by atoms with Crippen LogP contribution >= 0.6 is 0 Å². The van der Waals surface area contributed by atoms with Crippen LogP contribution in [-0.4, -0.2) is 26.3 Å². The first-order chi connectivity index (χ1) is 12.3. The number of benzene rings is 2. The van der Waals surface area contributed by atoms with Crippen molar-refractivity contribution in [3.8, 4) is 5.69 Å². The van der Waals surface area contributed by atoms with Crippen LogP contribution < -0.4 is 10.6 Å². The number of anilines is 3. The minimum absolute atomic E-state index is 0.575. The van der Waals surface area contributed by atoms with Crippen LogP contribution in [0.4, 0.5) is 17.5 Å². The Morgan fingerprint density at radius 3 is 2.36 bits per heavy atom. The molecule has 124 valence electrons. The van der Waals surface area contributed by atoms with E-state index in [0.717, 1.165) is 34.8 Å². The zero-order valence-corrected chi connectivity index (χ0v) is 13.8. The predicted octanol–water partition coefficient (Wildman–Crippen LogP) is 3.99. The third-order valence-corrected chi connectivity index (χ3v) is 3.80. The third kappa shape index (κ3) is 3.01. The lowest BCUT2D eigenvalue weighted by Crippen LogP contribution is -2.06. The molecule has 6 heteroatoms. The highest BCUT2D eigenvalue weighted by Gasteiger charge is 2.14. The van der Waals surface area contributed by atoms with Crippen LogP contribution in [0.2, 0.25) is 0 Å². The van der Waals surface area contributed by atoms with Crippen LogP contribution in [0.25, 0.3) is 16.7 Å². The lowest BCUT2D eigenvalue weighted by Gasteiger charge is -2.10. The first kappa shape index (κ1) is 15.1. The summed E-state index contributed by atoms with van der Waals surface area (Å²) in [7, 11) is 0. The number of hydrogen-bond donors (Lipinski definition) is 2. The first-order valence-electron chi connectivity index (χ1n) is 8.22. The van der Waals surface area contributed by atoms with Gasteiger partial charge in [-0.05, 0) is 31.2 Å². The van der Waals surface area contributed by atoms with E-state index in [1.807, 2.05) is 72.3 Å². The number of nitrogens with one attached hydrogen (secondary N) is 2. The summed E-state index contributed by atoms with van der Waals surface area (Å²) in [6.45, 7) is 2.77. The largest absolute Gasteiger partial charge is 0.354 e. The second kappa shape index (κ2) is 6.60. The van der Waals surface area contributed by atoms with Gasteiger partial charge in [0.1, 0.15) is 5.82 Å². The lowest BCUT2D eigenvalue weighted by molar-refractivity contribution is 0.895. The molecule has 0 aliphatic rings. The molecule has 0 radical (unpaired) electrons. The second-order valence-electron chi connectivity index (χ2n) is 5.55. The smallest absolute Gasteiger partial charge is 0.226 e. The van der Waals surface area contributed by atoms with Crippen molar-refractivity contribution >= 4 is 28.5 Å². The molecule has 0 saturated carbocycles. The highest BCUT2D eigenvalue weighted by atomic mass is 15.3. The van der Waals surface area contributed by atoms with E-state index >= 15 is 0 Å². The summed E-state index contributed by atoms with van der Waals surface area (Å²) in [4.78, 5) is 9.25. The first-order valence-corrected chi connectivity index (χ1v) is 8.22. The van der Waals surface area contributed by atoms with Crippen molar-refractivity contribution in [1.29, 1.82) is 0 Å². The van der Waals surface area contributed by atoms with E-state index in [9.17, 15) is 0 Å². The molecule has 2 heterocycles. The Kier molecular flexibility index (Phi) is 4.00. The molecule has 0 amide bonds. The Hall–Kier alpha value is -3.41. The van der Waals surface area contributed by atoms with Gasteiger partial charge in [0.2, 0.25) is 5.95 Å². The lowest BCUT2D eigenvalue weighted by atomic mass is 10.3.